The molecule has 0 saturated heterocycles. The highest BCUT2D eigenvalue weighted by molar-refractivity contribution is 6.00. The Labute approximate surface area is 189 Å². The standard InChI is InChI=1S/C24H26F3N3O3/c1-14-11-20(21(30-14)17-7-9-19(10-8-17)33-24(25,26)27)22(31)28-13-16-3-5-18(6-4-16)23-29-12-15(2)32-23/h7-12,16,18,30H,3-6,13H2,1-2H3,(H,28,31). The number of alkyl halides is 3. The minimum Gasteiger partial charge on any atom is -0.446 e. The van der Waals surface area contributed by atoms with E-state index < -0.39 is 6.36 Å². The zero-order valence-corrected chi connectivity index (χ0v) is 18.5. The second kappa shape index (κ2) is 9.33. The molecule has 176 valence electrons. The third-order valence-electron chi connectivity index (χ3n) is 5.96. The summed E-state index contributed by atoms with van der Waals surface area (Å²) in [6, 6.07) is 7.19. The Hall–Kier alpha value is -3.23. The summed E-state index contributed by atoms with van der Waals surface area (Å²) in [7, 11) is 0. The predicted molar refractivity (Wildman–Crippen MR) is 116 cm³/mol. The molecule has 0 radical (unpaired) electrons. The number of hydrogen-bond acceptors (Lipinski definition) is 4. The average molecular weight is 461 g/mol. The van der Waals surface area contributed by atoms with Crippen molar-refractivity contribution in [2.24, 2.45) is 5.92 Å². The molecule has 2 aromatic heterocycles. The largest absolute Gasteiger partial charge is 0.573 e. The summed E-state index contributed by atoms with van der Waals surface area (Å²) >= 11 is 0. The van der Waals surface area contributed by atoms with Gasteiger partial charge >= 0.3 is 6.36 Å². The Balaban J connectivity index is 1.36. The smallest absolute Gasteiger partial charge is 0.446 e. The van der Waals surface area contributed by atoms with E-state index in [9.17, 15) is 18.0 Å². The summed E-state index contributed by atoms with van der Waals surface area (Å²) in [5.74, 6) is 1.80. The number of hydrogen-bond donors (Lipinski definition) is 2. The van der Waals surface area contributed by atoms with Crippen LogP contribution in [-0.2, 0) is 0 Å². The van der Waals surface area contributed by atoms with Gasteiger partial charge in [0.1, 0.15) is 11.5 Å². The number of carbonyl (C=O) groups excluding carboxylic acids is 1. The monoisotopic (exact) mass is 461 g/mol. The lowest BCUT2D eigenvalue weighted by Gasteiger charge is -2.26. The molecule has 3 aromatic rings. The van der Waals surface area contributed by atoms with Crippen LogP contribution in [0.4, 0.5) is 13.2 Å². The molecule has 9 heteroatoms. The number of oxazole rings is 1. The summed E-state index contributed by atoms with van der Waals surface area (Å²) in [5, 5.41) is 3.02. The molecule has 6 nitrogen and oxygen atoms in total. The molecule has 1 aliphatic rings. The van der Waals surface area contributed by atoms with Crippen molar-refractivity contribution < 1.29 is 27.1 Å². The van der Waals surface area contributed by atoms with Gasteiger partial charge in [0.2, 0.25) is 0 Å². The number of benzene rings is 1. The van der Waals surface area contributed by atoms with Crippen LogP contribution in [0.5, 0.6) is 5.75 Å². The third-order valence-corrected chi connectivity index (χ3v) is 5.96. The van der Waals surface area contributed by atoms with Crippen LogP contribution in [0.15, 0.2) is 40.9 Å². The van der Waals surface area contributed by atoms with Crippen LogP contribution in [0.1, 0.15) is 59.3 Å². The minimum absolute atomic E-state index is 0.213. The van der Waals surface area contributed by atoms with Gasteiger partial charge in [-0.15, -0.1) is 13.2 Å². The summed E-state index contributed by atoms with van der Waals surface area (Å²) < 4.78 is 46.8. The third kappa shape index (κ3) is 5.77. The van der Waals surface area contributed by atoms with Crippen molar-refractivity contribution in [2.45, 2.75) is 51.8 Å². The van der Waals surface area contributed by atoms with Crippen LogP contribution >= 0.6 is 0 Å². The van der Waals surface area contributed by atoms with E-state index in [1.807, 2.05) is 13.8 Å². The Kier molecular flexibility index (Phi) is 6.49. The molecule has 2 N–H and O–H groups in total. The van der Waals surface area contributed by atoms with Crippen LogP contribution in [0, 0.1) is 19.8 Å². The molecule has 1 aliphatic carbocycles. The van der Waals surface area contributed by atoms with Gasteiger partial charge in [-0.1, -0.05) is 0 Å². The first-order chi connectivity index (χ1) is 15.7. The zero-order valence-electron chi connectivity index (χ0n) is 18.5. The molecule has 1 saturated carbocycles. The maximum Gasteiger partial charge on any atom is 0.573 e. The second-order valence-electron chi connectivity index (χ2n) is 8.55. The lowest BCUT2D eigenvalue weighted by atomic mass is 9.82. The molecular formula is C24H26F3N3O3. The average Bonchev–Trinajstić information content (AvgIpc) is 3.37. The van der Waals surface area contributed by atoms with Crippen molar-refractivity contribution in [2.75, 3.05) is 6.54 Å². The molecule has 0 atom stereocenters. The van der Waals surface area contributed by atoms with E-state index in [0.717, 1.165) is 43.0 Å². The fraction of sp³-hybridized carbons (Fsp3) is 0.417. The number of aromatic nitrogens is 2. The number of ether oxygens (including phenoxy) is 1. The van der Waals surface area contributed by atoms with Crippen LogP contribution in [0.25, 0.3) is 11.3 Å². The van der Waals surface area contributed by atoms with Crippen molar-refractivity contribution in [1.82, 2.24) is 15.3 Å². The Morgan fingerprint density at radius 1 is 1.18 bits per heavy atom. The van der Waals surface area contributed by atoms with Gasteiger partial charge in [-0.2, -0.15) is 0 Å². The fourth-order valence-corrected chi connectivity index (χ4v) is 4.33. The fourth-order valence-electron chi connectivity index (χ4n) is 4.33. The predicted octanol–water partition coefficient (Wildman–Crippen LogP) is 5.89. The molecule has 33 heavy (non-hydrogen) atoms. The highest BCUT2D eigenvalue weighted by Crippen LogP contribution is 2.35. The van der Waals surface area contributed by atoms with E-state index in [4.69, 9.17) is 4.42 Å². The van der Waals surface area contributed by atoms with Gasteiger partial charge in [-0.05, 0) is 81.3 Å². The van der Waals surface area contributed by atoms with E-state index in [0.29, 0.717) is 35.2 Å². The number of H-pyrrole nitrogens is 1. The van der Waals surface area contributed by atoms with Crippen LogP contribution in [0.3, 0.4) is 0 Å². The van der Waals surface area contributed by atoms with Gasteiger partial charge in [0.15, 0.2) is 5.89 Å². The second-order valence-corrected chi connectivity index (χ2v) is 8.55. The van der Waals surface area contributed by atoms with E-state index in [-0.39, 0.29) is 11.7 Å². The molecule has 4 rings (SSSR count). The van der Waals surface area contributed by atoms with Gasteiger partial charge < -0.3 is 19.5 Å². The van der Waals surface area contributed by atoms with Crippen molar-refractivity contribution in [3.63, 3.8) is 0 Å². The Morgan fingerprint density at radius 3 is 2.48 bits per heavy atom. The van der Waals surface area contributed by atoms with Gasteiger partial charge in [-0.25, -0.2) is 4.98 Å². The van der Waals surface area contributed by atoms with Crippen molar-refractivity contribution >= 4 is 5.91 Å². The highest BCUT2D eigenvalue weighted by Gasteiger charge is 2.31. The first-order valence-corrected chi connectivity index (χ1v) is 10.9. The summed E-state index contributed by atoms with van der Waals surface area (Å²) in [6.07, 6.45) is 0.901. The Bertz CT molecular complexity index is 1090. The van der Waals surface area contributed by atoms with E-state index in [2.05, 4.69) is 20.0 Å². The number of carbonyl (C=O) groups is 1. The molecule has 0 spiro atoms. The normalized spacial score (nSPS) is 18.8. The maximum absolute atomic E-state index is 12.9. The van der Waals surface area contributed by atoms with E-state index >= 15 is 0 Å². The molecular weight excluding hydrogens is 435 g/mol. The van der Waals surface area contributed by atoms with Crippen molar-refractivity contribution in [1.29, 1.82) is 0 Å². The number of nitrogens with zero attached hydrogens (tertiary/aromatic N) is 1. The number of aromatic amines is 1. The van der Waals surface area contributed by atoms with E-state index in [1.165, 1.54) is 24.3 Å². The molecule has 0 aliphatic heterocycles. The number of amides is 1. The van der Waals surface area contributed by atoms with Gasteiger partial charge in [0.05, 0.1) is 17.5 Å². The molecule has 1 aromatic carbocycles. The summed E-state index contributed by atoms with van der Waals surface area (Å²) in [4.78, 5) is 20.4. The molecule has 0 unspecified atom stereocenters. The minimum atomic E-state index is -4.75. The topological polar surface area (TPSA) is 80.2 Å². The van der Waals surface area contributed by atoms with Crippen LogP contribution in [0.2, 0.25) is 0 Å². The van der Waals surface area contributed by atoms with E-state index in [1.54, 1.807) is 12.3 Å². The van der Waals surface area contributed by atoms with Gasteiger partial charge in [0.25, 0.3) is 5.91 Å². The molecule has 1 amide bonds. The van der Waals surface area contributed by atoms with Crippen LogP contribution in [-0.4, -0.2) is 28.8 Å². The first-order valence-electron chi connectivity index (χ1n) is 10.9. The number of aryl methyl sites for hydroxylation is 2. The summed E-state index contributed by atoms with van der Waals surface area (Å²) in [6.45, 7) is 4.28. The molecule has 2 heterocycles. The van der Waals surface area contributed by atoms with Crippen molar-refractivity contribution in [3.05, 3.63) is 59.4 Å². The Morgan fingerprint density at radius 2 is 1.88 bits per heavy atom. The SMILES string of the molecule is Cc1cc(C(=O)NCC2CCC(c3ncc(C)o3)CC2)c(-c2ccc(OC(F)(F)F)cc2)[nH]1. The number of rotatable bonds is 6. The lowest BCUT2D eigenvalue weighted by molar-refractivity contribution is -0.274. The quantitative estimate of drug-likeness (QED) is 0.480. The maximum atomic E-state index is 12.9. The summed E-state index contributed by atoms with van der Waals surface area (Å²) in [5.41, 5.74) is 2.41. The number of nitrogens with one attached hydrogen (secondary N) is 2. The number of halogens is 3. The molecule has 1 fully saturated rings. The highest BCUT2D eigenvalue weighted by atomic mass is 19.4. The van der Waals surface area contributed by atoms with Crippen molar-refractivity contribution in [3.8, 4) is 17.0 Å². The van der Waals surface area contributed by atoms with Gasteiger partial charge in [0, 0.05) is 18.2 Å². The van der Waals surface area contributed by atoms with Gasteiger partial charge in [-0.3, -0.25) is 4.79 Å². The molecule has 0 bridgehead atoms. The zero-order chi connectivity index (χ0) is 23.6. The first kappa shape index (κ1) is 22.9. The lowest BCUT2D eigenvalue weighted by Crippen LogP contribution is -2.31. The van der Waals surface area contributed by atoms with Crippen LogP contribution < -0.4 is 10.1 Å².